The van der Waals surface area contributed by atoms with Gasteiger partial charge in [-0.2, -0.15) is 4.31 Å². The van der Waals surface area contributed by atoms with Gasteiger partial charge in [-0.25, -0.2) is 8.42 Å². The predicted octanol–water partition coefficient (Wildman–Crippen LogP) is 1.24. The molecule has 0 aromatic heterocycles. The summed E-state index contributed by atoms with van der Waals surface area (Å²) in [5, 5.41) is 3.09. The molecule has 1 saturated carbocycles. The molecular weight excluding hydrogens is 354 g/mol. The van der Waals surface area contributed by atoms with E-state index in [1.165, 1.54) is 16.4 Å². The van der Waals surface area contributed by atoms with Gasteiger partial charge in [0.25, 0.3) is 0 Å². The van der Waals surface area contributed by atoms with Gasteiger partial charge in [-0.1, -0.05) is 25.0 Å². The molecule has 2 fully saturated rings. The van der Waals surface area contributed by atoms with E-state index in [1.54, 1.807) is 12.1 Å². The second kappa shape index (κ2) is 7.75. The standard InChI is InChI=1S/C18H25N3O4S/c19-17(22)15-7-3-4-8-16(15)26(24,25)21-11-9-13(10-12-21)18(23)20-14-5-1-2-6-14/h3-4,7-8,13-14H,1-2,5-6,9-12H2,(H2,19,22)(H,20,23). The normalized spacial score (nSPS) is 20.2. The summed E-state index contributed by atoms with van der Waals surface area (Å²) in [6.45, 7) is 0.524. The minimum absolute atomic E-state index is 0.00593. The molecule has 1 aromatic carbocycles. The zero-order valence-electron chi connectivity index (χ0n) is 14.7. The summed E-state index contributed by atoms with van der Waals surface area (Å²) in [6.07, 6.45) is 5.33. The van der Waals surface area contributed by atoms with Crippen LogP contribution >= 0.6 is 0 Å². The molecule has 8 heteroatoms. The molecule has 3 N–H and O–H groups in total. The molecule has 0 atom stereocenters. The Bertz CT molecular complexity index is 779. The number of carbonyl (C=O) groups excluding carboxylic acids is 2. The molecule has 1 aliphatic heterocycles. The first-order valence-corrected chi connectivity index (χ1v) is 10.5. The quantitative estimate of drug-likeness (QED) is 0.802. The first kappa shape index (κ1) is 18.8. The lowest BCUT2D eigenvalue weighted by Gasteiger charge is -2.31. The van der Waals surface area contributed by atoms with E-state index < -0.39 is 15.9 Å². The van der Waals surface area contributed by atoms with Crippen LogP contribution in [0, 0.1) is 5.92 Å². The summed E-state index contributed by atoms with van der Waals surface area (Å²) in [5.41, 5.74) is 5.30. The van der Waals surface area contributed by atoms with Gasteiger partial charge in [-0.05, 0) is 37.8 Å². The van der Waals surface area contributed by atoms with Crippen LogP contribution in [0.25, 0.3) is 0 Å². The number of hydrogen-bond acceptors (Lipinski definition) is 4. The van der Waals surface area contributed by atoms with Gasteiger partial charge in [0.05, 0.1) is 10.5 Å². The van der Waals surface area contributed by atoms with Gasteiger partial charge < -0.3 is 11.1 Å². The van der Waals surface area contributed by atoms with E-state index in [9.17, 15) is 18.0 Å². The van der Waals surface area contributed by atoms with Crippen LogP contribution in [0.3, 0.4) is 0 Å². The monoisotopic (exact) mass is 379 g/mol. The first-order chi connectivity index (χ1) is 12.4. The third-order valence-corrected chi connectivity index (χ3v) is 7.25. The van der Waals surface area contributed by atoms with Crippen LogP contribution in [0.5, 0.6) is 0 Å². The Balaban J connectivity index is 1.65. The van der Waals surface area contributed by atoms with Crippen LogP contribution in [-0.2, 0) is 14.8 Å². The third-order valence-electron chi connectivity index (χ3n) is 5.30. The SMILES string of the molecule is NC(=O)c1ccccc1S(=O)(=O)N1CCC(C(=O)NC2CCCC2)CC1. The first-order valence-electron chi connectivity index (χ1n) is 9.09. The van der Waals surface area contributed by atoms with E-state index in [0.29, 0.717) is 12.8 Å². The van der Waals surface area contributed by atoms with Crippen molar-refractivity contribution < 1.29 is 18.0 Å². The summed E-state index contributed by atoms with van der Waals surface area (Å²) >= 11 is 0. The summed E-state index contributed by atoms with van der Waals surface area (Å²) in [4.78, 5) is 23.9. The molecule has 0 spiro atoms. The molecule has 1 aromatic rings. The Morgan fingerprint density at radius 2 is 1.65 bits per heavy atom. The maximum Gasteiger partial charge on any atom is 0.250 e. The lowest BCUT2D eigenvalue weighted by Crippen LogP contribution is -2.45. The molecule has 26 heavy (non-hydrogen) atoms. The number of rotatable bonds is 5. The fourth-order valence-corrected chi connectivity index (χ4v) is 5.45. The predicted molar refractivity (Wildman–Crippen MR) is 96.8 cm³/mol. The van der Waals surface area contributed by atoms with Gasteiger partial charge in [0.2, 0.25) is 21.8 Å². The molecule has 1 heterocycles. The molecule has 7 nitrogen and oxygen atoms in total. The molecule has 0 radical (unpaired) electrons. The Labute approximate surface area is 154 Å². The van der Waals surface area contributed by atoms with Crippen molar-refractivity contribution in [2.24, 2.45) is 11.7 Å². The number of nitrogens with two attached hydrogens (primary N) is 1. The van der Waals surface area contributed by atoms with Crippen LogP contribution in [0.1, 0.15) is 48.9 Å². The van der Waals surface area contributed by atoms with E-state index in [1.807, 2.05) is 0 Å². The van der Waals surface area contributed by atoms with Crippen molar-refractivity contribution in [3.05, 3.63) is 29.8 Å². The van der Waals surface area contributed by atoms with Crippen LogP contribution in [0.4, 0.5) is 0 Å². The number of amides is 2. The Morgan fingerprint density at radius 1 is 1.04 bits per heavy atom. The summed E-state index contributed by atoms with van der Waals surface area (Å²) < 4.78 is 27.1. The Hall–Kier alpha value is -1.93. The van der Waals surface area contributed by atoms with E-state index in [2.05, 4.69) is 5.32 Å². The number of piperidine rings is 1. The number of hydrogen-bond donors (Lipinski definition) is 2. The van der Waals surface area contributed by atoms with Gasteiger partial charge in [0.15, 0.2) is 0 Å². The summed E-state index contributed by atoms with van der Waals surface area (Å²) in [6, 6.07) is 6.23. The second-order valence-electron chi connectivity index (χ2n) is 7.03. The van der Waals surface area contributed by atoms with Gasteiger partial charge in [-0.3, -0.25) is 9.59 Å². The topological polar surface area (TPSA) is 110 Å². The van der Waals surface area contributed by atoms with Crippen molar-refractivity contribution in [3.8, 4) is 0 Å². The summed E-state index contributed by atoms with van der Waals surface area (Å²) in [7, 11) is -3.81. The molecule has 1 saturated heterocycles. The van der Waals surface area contributed by atoms with Gasteiger partial charge >= 0.3 is 0 Å². The molecule has 0 unspecified atom stereocenters. The molecule has 3 rings (SSSR count). The van der Waals surface area contributed by atoms with Crippen LogP contribution in [-0.4, -0.2) is 43.7 Å². The molecule has 0 bridgehead atoms. The fraction of sp³-hybridized carbons (Fsp3) is 0.556. The van der Waals surface area contributed by atoms with E-state index in [4.69, 9.17) is 5.73 Å². The van der Waals surface area contributed by atoms with Crippen molar-refractivity contribution in [3.63, 3.8) is 0 Å². The van der Waals surface area contributed by atoms with Gasteiger partial charge in [0, 0.05) is 25.0 Å². The molecule has 2 aliphatic rings. The van der Waals surface area contributed by atoms with Crippen molar-refractivity contribution in [1.82, 2.24) is 9.62 Å². The lowest BCUT2D eigenvalue weighted by atomic mass is 9.97. The molecule has 1 aliphatic carbocycles. The highest BCUT2D eigenvalue weighted by atomic mass is 32.2. The Kier molecular flexibility index (Phi) is 5.62. The van der Waals surface area contributed by atoms with Crippen molar-refractivity contribution in [2.75, 3.05) is 13.1 Å². The number of benzene rings is 1. The van der Waals surface area contributed by atoms with Crippen LogP contribution < -0.4 is 11.1 Å². The van der Waals surface area contributed by atoms with Gasteiger partial charge in [0.1, 0.15) is 0 Å². The molecule has 142 valence electrons. The van der Waals surface area contributed by atoms with Gasteiger partial charge in [-0.15, -0.1) is 0 Å². The number of sulfonamides is 1. The van der Waals surface area contributed by atoms with Crippen LogP contribution in [0.2, 0.25) is 0 Å². The molecular formula is C18H25N3O4S. The summed E-state index contributed by atoms with van der Waals surface area (Å²) in [5.74, 6) is -0.894. The van der Waals surface area contributed by atoms with Crippen LogP contribution in [0.15, 0.2) is 29.2 Å². The van der Waals surface area contributed by atoms with E-state index in [0.717, 1.165) is 25.7 Å². The zero-order valence-corrected chi connectivity index (χ0v) is 15.5. The second-order valence-corrected chi connectivity index (χ2v) is 8.94. The van der Waals surface area contributed by atoms with Crippen molar-refractivity contribution in [2.45, 2.75) is 49.5 Å². The average molecular weight is 379 g/mol. The number of carbonyl (C=O) groups is 2. The van der Waals surface area contributed by atoms with Crippen molar-refractivity contribution in [1.29, 1.82) is 0 Å². The largest absolute Gasteiger partial charge is 0.366 e. The smallest absolute Gasteiger partial charge is 0.250 e. The van der Waals surface area contributed by atoms with E-state index >= 15 is 0 Å². The highest BCUT2D eigenvalue weighted by Crippen LogP contribution is 2.26. The number of nitrogens with one attached hydrogen (secondary N) is 1. The highest BCUT2D eigenvalue weighted by molar-refractivity contribution is 7.89. The zero-order chi connectivity index (χ0) is 18.7. The lowest BCUT2D eigenvalue weighted by molar-refractivity contribution is -0.126. The number of primary amides is 1. The highest BCUT2D eigenvalue weighted by Gasteiger charge is 2.34. The fourth-order valence-electron chi connectivity index (χ4n) is 3.78. The maximum atomic E-state index is 12.9. The van der Waals surface area contributed by atoms with Crippen molar-refractivity contribution >= 4 is 21.8 Å². The third kappa shape index (κ3) is 3.91. The Morgan fingerprint density at radius 3 is 2.27 bits per heavy atom. The minimum atomic E-state index is -3.81. The molecule has 2 amide bonds. The average Bonchev–Trinajstić information content (AvgIpc) is 3.14. The van der Waals surface area contributed by atoms with E-state index in [-0.39, 0.29) is 41.4 Å². The maximum absolute atomic E-state index is 12.9. The number of nitrogens with zero attached hydrogens (tertiary/aromatic N) is 1. The minimum Gasteiger partial charge on any atom is -0.366 e.